The molecule has 0 spiro atoms. The molecule has 0 fully saturated rings. The van der Waals surface area contributed by atoms with Crippen molar-refractivity contribution in [2.75, 3.05) is 13.6 Å². The summed E-state index contributed by atoms with van der Waals surface area (Å²) in [4.78, 5) is 0. The molecule has 0 amide bonds. The van der Waals surface area contributed by atoms with E-state index in [1.165, 1.54) is 0 Å². The highest BCUT2D eigenvalue weighted by Crippen LogP contribution is 2.20. The van der Waals surface area contributed by atoms with Crippen LogP contribution in [0, 0.1) is 0 Å². The van der Waals surface area contributed by atoms with E-state index in [1.807, 2.05) is 31.3 Å². The summed E-state index contributed by atoms with van der Waals surface area (Å²) in [6.07, 6.45) is 3.51. The second-order valence-corrected chi connectivity index (χ2v) is 4.31. The maximum Gasteiger partial charge on any atom is 0.121 e. The van der Waals surface area contributed by atoms with E-state index in [-0.39, 0.29) is 18.5 Å². The average Bonchev–Trinajstić information content (AvgIpc) is 2.26. The van der Waals surface area contributed by atoms with E-state index in [9.17, 15) is 0 Å². The Kier molecular flexibility index (Phi) is 9.33. The van der Waals surface area contributed by atoms with Gasteiger partial charge in [-0.1, -0.05) is 31.0 Å². The summed E-state index contributed by atoms with van der Waals surface area (Å²) in [6, 6.07) is 7.59. The number of rotatable bonds is 7. The van der Waals surface area contributed by atoms with Gasteiger partial charge in [-0.25, -0.2) is 0 Å². The first-order chi connectivity index (χ1) is 7.76. The summed E-state index contributed by atoms with van der Waals surface area (Å²) in [5.41, 5.74) is 0. The van der Waals surface area contributed by atoms with E-state index >= 15 is 0 Å². The lowest BCUT2D eigenvalue weighted by atomic mass is 10.1. The van der Waals surface area contributed by atoms with Crippen LogP contribution in [0.2, 0.25) is 5.02 Å². The van der Waals surface area contributed by atoms with Crippen LogP contribution in [-0.2, 0) is 0 Å². The third kappa shape index (κ3) is 6.77. The Morgan fingerprint density at radius 3 is 2.71 bits per heavy atom. The largest absolute Gasteiger partial charge is 0.490 e. The van der Waals surface area contributed by atoms with Gasteiger partial charge in [-0.05, 0) is 44.6 Å². The molecule has 0 saturated carbocycles. The van der Waals surface area contributed by atoms with Crippen LogP contribution in [0.5, 0.6) is 5.75 Å². The fraction of sp³-hybridized carbons (Fsp3) is 0.538. The number of halogens is 2. The molecule has 0 heterocycles. The van der Waals surface area contributed by atoms with Crippen LogP contribution in [0.1, 0.15) is 26.2 Å². The lowest BCUT2D eigenvalue weighted by Crippen LogP contribution is -2.22. The third-order valence-electron chi connectivity index (χ3n) is 2.43. The van der Waals surface area contributed by atoms with Crippen LogP contribution >= 0.6 is 24.0 Å². The zero-order valence-corrected chi connectivity index (χ0v) is 12.0. The quantitative estimate of drug-likeness (QED) is 0.816. The van der Waals surface area contributed by atoms with Gasteiger partial charge in [0.2, 0.25) is 0 Å². The molecule has 0 saturated heterocycles. The van der Waals surface area contributed by atoms with Gasteiger partial charge in [0.15, 0.2) is 0 Å². The van der Waals surface area contributed by atoms with E-state index in [2.05, 4.69) is 12.2 Å². The zero-order valence-electron chi connectivity index (χ0n) is 10.4. The Balaban J connectivity index is 0.00000256. The predicted molar refractivity (Wildman–Crippen MR) is 76.6 cm³/mol. The van der Waals surface area contributed by atoms with E-state index in [0.717, 1.165) is 36.6 Å². The van der Waals surface area contributed by atoms with E-state index < -0.39 is 0 Å². The third-order valence-corrected chi connectivity index (χ3v) is 2.66. The topological polar surface area (TPSA) is 21.3 Å². The minimum Gasteiger partial charge on any atom is -0.490 e. The molecule has 0 aliphatic carbocycles. The summed E-state index contributed by atoms with van der Waals surface area (Å²) in [5, 5.41) is 3.87. The molecule has 0 radical (unpaired) electrons. The Morgan fingerprint density at radius 1 is 1.35 bits per heavy atom. The van der Waals surface area contributed by atoms with Crippen molar-refractivity contribution >= 4 is 24.0 Å². The molecule has 98 valence electrons. The highest BCUT2D eigenvalue weighted by Gasteiger charge is 2.08. The monoisotopic (exact) mass is 277 g/mol. The lowest BCUT2D eigenvalue weighted by Gasteiger charge is -2.18. The molecule has 0 aliphatic rings. The molecule has 4 heteroatoms. The second-order valence-electron chi connectivity index (χ2n) is 3.88. The molecule has 1 rings (SSSR count). The molecular formula is C13H21Cl2NO. The Labute approximate surface area is 115 Å². The van der Waals surface area contributed by atoms with Crippen molar-refractivity contribution in [1.29, 1.82) is 0 Å². The van der Waals surface area contributed by atoms with Crippen molar-refractivity contribution in [3.8, 4) is 5.75 Å². The van der Waals surface area contributed by atoms with Crippen LogP contribution < -0.4 is 10.1 Å². The van der Waals surface area contributed by atoms with Crippen molar-refractivity contribution in [1.82, 2.24) is 5.32 Å². The fourth-order valence-corrected chi connectivity index (χ4v) is 1.80. The molecule has 1 aromatic rings. The van der Waals surface area contributed by atoms with E-state index in [1.54, 1.807) is 0 Å². The highest BCUT2D eigenvalue weighted by molar-refractivity contribution is 6.30. The molecule has 1 N–H and O–H groups in total. The molecule has 0 unspecified atom stereocenters. The SMILES string of the molecule is CCC[C@@H](CCNC)Oc1cccc(Cl)c1.Cl. The maximum absolute atomic E-state index is 5.92. The summed E-state index contributed by atoms with van der Waals surface area (Å²) >= 11 is 5.92. The van der Waals surface area contributed by atoms with Crippen LogP contribution in [-0.4, -0.2) is 19.7 Å². The van der Waals surface area contributed by atoms with Crippen LogP contribution in [0.4, 0.5) is 0 Å². The van der Waals surface area contributed by atoms with E-state index in [4.69, 9.17) is 16.3 Å². The highest BCUT2D eigenvalue weighted by atomic mass is 35.5. The van der Waals surface area contributed by atoms with Crippen LogP contribution in [0.3, 0.4) is 0 Å². The number of hydrogen-bond donors (Lipinski definition) is 1. The Bertz CT molecular complexity index is 307. The molecular weight excluding hydrogens is 257 g/mol. The lowest BCUT2D eigenvalue weighted by molar-refractivity contribution is 0.180. The normalized spacial score (nSPS) is 11.7. The minimum absolute atomic E-state index is 0. The number of hydrogen-bond acceptors (Lipinski definition) is 2. The minimum atomic E-state index is 0. The van der Waals surface area contributed by atoms with Gasteiger partial charge in [-0.15, -0.1) is 12.4 Å². The van der Waals surface area contributed by atoms with Gasteiger partial charge in [0.25, 0.3) is 0 Å². The second kappa shape index (κ2) is 9.58. The smallest absolute Gasteiger partial charge is 0.121 e. The number of ether oxygens (including phenoxy) is 1. The number of benzene rings is 1. The van der Waals surface area contributed by atoms with Crippen molar-refractivity contribution in [3.63, 3.8) is 0 Å². The molecule has 17 heavy (non-hydrogen) atoms. The van der Waals surface area contributed by atoms with Crippen molar-refractivity contribution in [2.24, 2.45) is 0 Å². The summed E-state index contributed by atoms with van der Waals surface area (Å²) in [5.74, 6) is 0.863. The average molecular weight is 278 g/mol. The van der Waals surface area contributed by atoms with Crippen molar-refractivity contribution in [3.05, 3.63) is 29.3 Å². The summed E-state index contributed by atoms with van der Waals surface area (Å²) < 4.78 is 5.91. The molecule has 0 aliphatic heterocycles. The molecule has 1 atom stereocenters. The molecule has 2 nitrogen and oxygen atoms in total. The van der Waals surface area contributed by atoms with Gasteiger partial charge in [0, 0.05) is 5.02 Å². The number of nitrogens with one attached hydrogen (secondary N) is 1. The Hall–Kier alpha value is -0.440. The molecule has 0 aromatic heterocycles. The van der Waals surface area contributed by atoms with Gasteiger partial charge >= 0.3 is 0 Å². The molecule has 0 bridgehead atoms. The summed E-state index contributed by atoms with van der Waals surface area (Å²) in [7, 11) is 1.96. The van der Waals surface area contributed by atoms with Gasteiger partial charge in [0.05, 0.1) is 6.10 Å². The van der Waals surface area contributed by atoms with Crippen LogP contribution in [0.15, 0.2) is 24.3 Å². The van der Waals surface area contributed by atoms with Crippen molar-refractivity contribution in [2.45, 2.75) is 32.3 Å². The van der Waals surface area contributed by atoms with Gasteiger partial charge in [-0.2, -0.15) is 0 Å². The maximum atomic E-state index is 5.92. The fourth-order valence-electron chi connectivity index (χ4n) is 1.62. The predicted octanol–water partition coefficient (Wildman–Crippen LogP) is 3.92. The Morgan fingerprint density at radius 2 is 2.12 bits per heavy atom. The zero-order chi connectivity index (χ0) is 11.8. The summed E-state index contributed by atoms with van der Waals surface area (Å²) in [6.45, 7) is 3.15. The molecule has 1 aromatic carbocycles. The van der Waals surface area contributed by atoms with Crippen LogP contribution in [0.25, 0.3) is 0 Å². The van der Waals surface area contributed by atoms with E-state index in [0.29, 0.717) is 0 Å². The van der Waals surface area contributed by atoms with Gasteiger partial charge in [0.1, 0.15) is 5.75 Å². The van der Waals surface area contributed by atoms with Gasteiger partial charge in [-0.3, -0.25) is 0 Å². The first kappa shape index (κ1) is 16.6. The van der Waals surface area contributed by atoms with Crippen molar-refractivity contribution < 1.29 is 4.74 Å². The first-order valence-electron chi connectivity index (χ1n) is 5.83. The van der Waals surface area contributed by atoms with Gasteiger partial charge < -0.3 is 10.1 Å². The first-order valence-corrected chi connectivity index (χ1v) is 6.21. The standard InChI is InChI=1S/C13H20ClNO.ClH/c1-3-5-12(8-9-15-2)16-13-7-4-6-11(14)10-13;/h4,6-7,10,12,15H,3,5,8-9H2,1-2H3;1H/t12-;/m0./s1.